The Morgan fingerprint density at radius 2 is 2.17 bits per heavy atom. The molecule has 3 aromatic heterocycles. The van der Waals surface area contributed by atoms with E-state index in [4.69, 9.17) is 14.5 Å². The second kappa shape index (κ2) is 7.88. The lowest BCUT2D eigenvalue weighted by Gasteiger charge is -2.30. The smallest absolute Gasteiger partial charge is 0.206 e. The third kappa shape index (κ3) is 4.02. The predicted octanol–water partition coefficient (Wildman–Crippen LogP) is -0.441. The number of rotatable bonds is 6. The van der Waals surface area contributed by atoms with Gasteiger partial charge in [0.2, 0.25) is 5.82 Å². The van der Waals surface area contributed by atoms with E-state index in [1.165, 1.54) is 28.8 Å². The average Bonchev–Trinajstić information content (AvgIpc) is 3.28. The third-order valence-electron chi connectivity index (χ3n) is 5.92. The number of hydrogen-bond donors (Lipinski definition) is 2. The van der Waals surface area contributed by atoms with Crippen molar-refractivity contribution in [3.63, 3.8) is 0 Å². The molecule has 0 radical (unpaired) electrons. The summed E-state index contributed by atoms with van der Waals surface area (Å²) in [4.78, 5) is 13.5. The maximum absolute atomic E-state index is 5.98. The van der Waals surface area contributed by atoms with Crippen LogP contribution < -0.4 is 10.2 Å². The number of nitrogens with two attached hydrogens (primary N) is 1. The summed E-state index contributed by atoms with van der Waals surface area (Å²) in [5.41, 5.74) is 2.13. The monoisotopic (exact) mass is 418 g/mol. The topological polar surface area (TPSA) is 82.6 Å². The van der Waals surface area contributed by atoms with Crippen molar-refractivity contribution >= 4 is 27.2 Å². The van der Waals surface area contributed by atoms with E-state index < -0.39 is 0 Å². The van der Waals surface area contributed by atoms with Gasteiger partial charge in [0, 0.05) is 17.7 Å². The van der Waals surface area contributed by atoms with Crippen molar-refractivity contribution in [2.45, 2.75) is 45.4 Å². The molecule has 3 N–H and O–H groups in total. The van der Waals surface area contributed by atoms with E-state index in [-0.39, 0.29) is 5.60 Å². The van der Waals surface area contributed by atoms with Crippen LogP contribution in [0.3, 0.4) is 0 Å². The van der Waals surface area contributed by atoms with Gasteiger partial charge in [-0.15, -0.1) is 16.4 Å². The van der Waals surface area contributed by atoms with E-state index in [9.17, 15) is 0 Å². The molecule has 8 nitrogen and oxygen atoms in total. The molecule has 0 unspecified atom stereocenters. The Kier molecular flexibility index (Phi) is 5.25. The molecule has 0 amide bonds. The number of ether oxygens (including phenoxy) is 2. The minimum absolute atomic E-state index is 0.146. The van der Waals surface area contributed by atoms with Crippen molar-refractivity contribution in [3.8, 4) is 0 Å². The van der Waals surface area contributed by atoms with Gasteiger partial charge in [-0.25, -0.2) is 14.5 Å². The van der Waals surface area contributed by atoms with Crippen LogP contribution in [0.5, 0.6) is 0 Å². The van der Waals surface area contributed by atoms with Gasteiger partial charge in [0.15, 0.2) is 5.65 Å². The van der Waals surface area contributed by atoms with E-state index in [1.807, 2.05) is 4.52 Å². The van der Waals surface area contributed by atoms with E-state index in [2.05, 4.69) is 29.2 Å². The summed E-state index contributed by atoms with van der Waals surface area (Å²) in [7, 11) is 0. The minimum atomic E-state index is -0.146. The molecule has 0 aliphatic carbocycles. The molecule has 1 fully saturated rings. The molecule has 9 heteroatoms. The van der Waals surface area contributed by atoms with Crippen LogP contribution in [0.2, 0.25) is 0 Å². The van der Waals surface area contributed by atoms with E-state index in [0.29, 0.717) is 6.61 Å². The van der Waals surface area contributed by atoms with Gasteiger partial charge >= 0.3 is 0 Å². The molecule has 156 valence electrons. The fourth-order valence-corrected chi connectivity index (χ4v) is 5.38. The van der Waals surface area contributed by atoms with Crippen molar-refractivity contribution in [2.75, 3.05) is 39.4 Å². The molecule has 0 aromatic carbocycles. The molecule has 2 aliphatic heterocycles. The molecule has 5 heterocycles. The van der Waals surface area contributed by atoms with Gasteiger partial charge < -0.3 is 19.7 Å². The third-order valence-corrected chi connectivity index (χ3v) is 7.03. The van der Waals surface area contributed by atoms with Gasteiger partial charge in [-0.3, -0.25) is 0 Å². The zero-order chi connectivity index (χ0) is 19.8. The number of aromatic nitrogens is 4. The van der Waals surface area contributed by atoms with Crippen LogP contribution in [0.4, 0.5) is 0 Å². The molecule has 1 saturated heterocycles. The van der Waals surface area contributed by atoms with Crippen LogP contribution in [0.25, 0.3) is 15.9 Å². The lowest BCUT2D eigenvalue weighted by Crippen LogP contribution is -3.14. The number of quaternary nitrogens is 2. The van der Waals surface area contributed by atoms with E-state index in [0.717, 1.165) is 62.1 Å². The van der Waals surface area contributed by atoms with Gasteiger partial charge in [-0.2, -0.15) is 0 Å². The largest absolute Gasteiger partial charge is 0.370 e. The van der Waals surface area contributed by atoms with Crippen LogP contribution in [-0.2, 0) is 29.0 Å². The van der Waals surface area contributed by atoms with Crippen LogP contribution in [0.1, 0.15) is 36.5 Å². The molecule has 0 bridgehead atoms. The number of nitrogens with one attached hydrogen (secondary N) is 1. The van der Waals surface area contributed by atoms with E-state index >= 15 is 0 Å². The van der Waals surface area contributed by atoms with Crippen LogP contribution in [0, 0.1) is 0 Å². The lowest BCUT2D eigenvalue weighted by molar-refractivity contribution is -0.909. The van der Waals surface area contributed by atoms with Gasteiger partial charge in [0.1, 0.15) is 30.8 Å². The second-order valence-corrected chi connectivity index (χ2v) is 9.78. The summed E-state index contributed by atoms with van der Waals surface area (Å²) in [6.07, 6.45) is 3.90. The molecule has 2 aliphatic rings. The first-order valence-electron chi connectivity index (χ1n) is 10.6. The normalized spacial score (nSPS) is 19.8. The quantitative estimate of drug-likeness (QED) is 0.531. The Morgan fingerprint density at radius 3 is 3.03 bits per heavy atom. The van der Waals surface area contributed by atoms with Crippen LogP contribution >= 0.6 is 11.3 Å². The van der Waals surface area contributed by atoms with Crippen molar-refractivity contribution in [1.29, 1.82) is 0 Å². The summed E-state index contributed by atoms with van der Waals surface area (Å²) in [6.45, 7) is 12.2. The minimum Gasteiger partial charge on any atom is -0.370 e. The van der Waals surface area contributed by atoms with Gasteiger partial charge in [-0.1, -0.05) is 0 Å². The Hall–Kier alpha value is -1.65. The van der Waals surface area contributed by atoms with Crippen molar-refractivity contribution < 1.29 is 19.7 Å². The van der Waals surface area contributed by atoms with Gasteiger partial charge in [0.05, 0.1) is 43.9 Å². The SMILES string of the molecule is CC1(C)Cc2c(sc3ncn4nc(C[NH2+]CCC[NH+]5CCOCC5)nc4c23)CO1. The predicted molar refractivity (Wildman–Crippen MR) is 110 cm³/mol. The lowest BCUT2D eigenvalue weighted by atomic mass is 9.94. The molecule has 5 rings (SSSR count). The zero-order valence-electron chi connectivity index (χ0n) is 17.2. The molecule has 0 spiro atoms. The first kappa shape index (κ1) is 19.3. The first-order valence-corrected chi connectivity index (χ1v) is 11.4. The Balaban J connectivity index is 1.27. The summed E-state index contributed by atoms with van der Waals surface area (Å²) < 4.78 is 13.3. The number of nitrogens with zero attached hydrogens (tertiary/aromatic N) is 4. The summed E-state index contributed by atoms with van der Waals surface area (Å²) >= 11 is 1.73. The molecule has 3 aromatic rings. The maximum Gasteiger partial charge on any atom is 0.206 e. The highest BCUT2D eigenvalue weighted by atomic mass is 32.1. The van der Waals surface area contributed by atoms with Gasteiger partial charge in [-0.05, 0) is 19.4 Å². The standard InChI is InChI=1S/C20H28N6O2S/c1-20(2)10-14-15(12-28-20)29-19-17(14)18-23-16(24-26(18)13-22-19)11-21-4-3-5-25-6-8-27-9-7-25/h13,21H,3-12H2,1-2H3/p+2. The fraction of sp³-hybridized carbons (Fsp3) is 0.650. The van der Waals surface area contributed by atoms with Crippen molar-refractivity contribution in [3.05, 3.63) is 22.6 Å². The average molecular weight is 419 g/mol. The van der Waals surface area contributed by atoms with Gasteiger partial charge in [0.25, 0.3) is 0 Å². The Bertz CT molecular complexity index is 1010. The maximum atomic E-state index is 5.98. The summed E-state index contributed by atoms with van der Waals surface area (Å²) in [6, 6.07) is 0. The number of morpholine rings is 1. The molecule has 0 saturated carbocycles. The molecule has 29 heavy (non-hydrogen) atoms. The molecular weight excluding hydrogens is 388 g/mol. The Morgan fingerprint density at radius 1 is 1.31 bits per heavy atom. The zero-order valence-corrected chi connectivity index (χ0v) is 18.1. The van der Waals surface area contributed by atoms with Crippen molar-refractivity contribution in [2.24, 2.45) is 0 Å². The van der Waals surface area contributed by atoms with E-state index in [1.54, 1.807) is 22.6 Å². The molecular formula is C20H30N6O2S+2. The highest BCUT2D eigenvalue weighted by molar-refractivity contribution is 7.19. The number of thiophene rings is 1. The fourth-order valence-electron chi connectivity index (χ4n) is 4.31. The molecule has 0 atom stereocenters. The summed E-state index contributed by atoms with van der Waals surface area (Å²) in [5.74, 6) is 0.879. The number of hydrogen-bond acceptors (Lipinski definition) is 6. The van der Waals surface area contributed by atoms with Crippen LogP contribution in [-0.4, -0.2) is 64.6 Å². The number of fused-ring (bicyclic) bond motifs is 5. The Labute approximate surface area is 174 Å². The highest BCUT2D eigenvalue weighted by Gasteiger charge is 2.30. The highest BCUT2D eigenvalue weighted by Crippen LogP contribution is 2.39. The second-order valence-electron chi connectivity index (χ2n) is 8.70. The summed E-state index contributed by atoms with van der Waals surface area (Å²) in [5, 5.41) is 8.16. The van der Waals surface area contributed by atoms with Crippen LogP contribution in [0.15, 0.2) is 6.33 Å². The first-order chi connectivity index (χ1) is 14.1. The van der Waals surface area contributed by atoms with Crippen molar-refractivity contribution in [1.82, 2.24) is 19.6 Å².